The molecule has 3 aromatic carbocycles. The summed E-state index contributed by atoms with van der Waals surface area (Å²) in [4.78, 5) is 25.6. The van der Waals surface area contributed by atoms with Crippen LogP contribution >= 0.6 is 0 Å². The Morgan fingerprint density at radius 3 is 2.53 bits per heavy atom. The molecule has 0 saturated carbocycles. The van der Waals surface area contributed by atoms with Crippen LogP contribution in [0.25, 0.3) is 16.8 Å². The van der Waals surface area contributed by atoms with Crippen molar-refractivity contribution in [3.05, 3.63) is 101 Å². The van der Waals surface area contributed by atoms with Gasteiger partial charge in [-0.05, 0) is 53.8 Å². The molecule has 1 amide bonds. The van der Waals surface area contributed by atoms with E-state index in [1.807, 2.05) is 60.7 Å². The minimum Gasteiger partial charge on any atom is -0.461 e. The maximum Gasteiger partial charge on any atom is 0.358 e. The zero-order valence-electron chi connectivity index (χ0n) is 17.5. The molecule has 158 valence electrons. The summed E-state index contributed by atoms with van der Waals surface area (Å²) in [6.07, 6.45) is 0.709. The van der Waals surface area contributed by atoms with Gasteiger partial charge < -0.3 is 10.1 Å². The molecule has 0 radical (unpaired) electrons. The summed E-state index contributed by atoms with van der Waals surface area (Å²) in [6, 6.07) is 24.9. The third-order valence-electron chi connectivity index (χ3n) is 5.53. The molecule has 0 saturated heterocycles. The highest BCUT2D eigenvalue weighted by Crippen LogP contribution is 2.38. The first-order chi connectivity index (χ1) is 15.7. The fraction of sp³-hybridized carbons (Fsp3) is 0.115. The van der Waals surface area contributed by atoms with Crippen LogP contribution in [0.4, 0.5) is 5.82 Å². The standard InChI is InChI=1S/C26H21N3O3/c1-2-32-26(31)23-16-24(29(28-23)18-10-4-3-5-11-18)27-25(30)21-14-8-13-20-19-12-7-6-9-17(19)15-22(20)21/h3-14,16H,2,15H2,1H3,(H,27,30). The second-order valence-electron chi connectivity index (χ2n) is 7.50. The topological polar surface area (TPSA) is 73.2 Å². The van der Waals surface area contributed by atoms with Crippen molar-refractivity contribution in [2.75, 3.05) is 11.9 Å². The Labute approximate surface area is 185 Å². The Morgan fingerprint density at radius 1 is 0.969 bits per heavy atom. The Kier molecular flexibility index (Phi) is 5.03. The van der Waals surface area contributed by atoms with E-state index in [1.165, 1.54) is 5.56 Å². The highest BCUT2D eigenvalue weighted by molar-refractivity contribution is 6.07. The van der Waals surface area contributed by atoms with Crippen molar-refractivity contribution in [3.63, 3.8) is 0 Å². The maximum absolute atomic E-state index is 13.3. The lowest BCUT2D eigenvalue weighted by atomic mass is 10.0. The van der Waals surface area contributed by atoms with E-state index in [2.05, 4.69) is 22.5 Å². The minimum atomic E-state index is -0.534. The number of para-hydroxylation sites is 1. The molecule has 1 aromatic heterocycles. The van der Waals surface area contributed by atoms with Crippen LogP contribution in [0.5, 0.6) is 0 Å². The van der Waals surface area contributed by atoms with E-state index in [9.17, 15) is 9.59 Å². The van der Waals surface area contributed by atoms with Gasteiger partial charge in [0.15, 0.2) is 5.69 Å². The summed E-state index contributed by atoms with van der Waals surface area (Å²) in [5.74, 6) is -0.381. The van der Waals surface area contributed by atoms with Gasteiger partial charge in [0.05, 0.1) is 12.3 Å². The highest BCUT2D eigenvalue weighted by atomic mass is 16.5. The third kappa shape index (κ3) is 3.46. The number of carbonyl (C=O) groups is 2. The molecular formula is C26H21N3O3. The lowest BCUT2D eigenvalue weighted by Gasteiger charge is -2.11. The fourth-order valence-corrected chi connectivity index (χ4v) is 4.09. The average molecular weight is 423 g/mol. The molecule has 6 heteroatoms. The molecule has 1 heterocycles. The molecule has 1 N–H and O–H groups in total. The summed E-state index contributed by atoms with van der Waals surface area (Å²) < 4.78 is 6.63. The molecule has 0 unspecified atom stereocenters. The quantitative estimate of drug-likeness (QED) is 0.409. The summed E-state index contributed by atoms with van der Waals surface area (Å²) in [6.45, 7) is 1.98. The van der Waals surface area contributed by atoms with Crippen LogP contribution in [-0.4, -0.2) is 28.3 Å². The summed E-state index contributed by atoms with van der Waals surface area (Å²) in [7, 11) is 0. The number of nitrogens with one attached hydrogen (secondary N) is 1. The molecule has 0 bridgehead atoms. The van der Waals surface area contributed by atoms with Gasteiger partial charge in [0, 0.05) is 11.6 Å². The second-order valence-corrected chi connectivity index (χ2v) is 7.50. The Balaban J connectivity index is 1.51. The van der Waals surface area contributed by atoms with Crippen LogP contribution < -0.4 is 5.32 Å². The minimum absolute atomic E-state index is 0.136. The van der Waals surface area contributed by atoms with Gasteiger partial charge in [-0.2, -0.15) is 5.10 Å². The number of ether oxygens (including phenoxy) is 1. The number of fused-ring (bicyclic) bond motifs is 3. The molecule has 0 fully saturated rings. The number of esters is 1. The summed E-state index contributed by atoms with van der Waals surface area (Å²) in [5.41, 5.74) is 5.93. The lowest BCUT2D eigenvalue weighted by Crippen LogP contribution is -2.16. The van der Waals surface area contributed by atoms with Crippen molar-refractivity contribution in [2.45, 2.75) is 13.3 Å². The van der Waals surface area contributed by atoms with Gasteiger partial charge in [-0.3, -0.25) is 4.79 Å². The normalized spacial score (nSPS) is 11.5. The molecule has 0 atom stereocenters. The number of hydrogen-bond donors (Lipinski definition) is 1. The molecule has 1 aliphatic rings. The molecule has 1 aliphatic carbocycles. The van der Waals surface area contributed by atoms with Crippen molar-refractivity contribution in [2.24, 2.45) is 0 Å². The number of aromatic nitrogens is 2. The lowest BCUT2D eigenvalue weighted by molar-refractivity contribution is 0.0518. The van der Waals surface area contributed by atoms with Crippen LogP contribution in [0.1, 0.15) is 38.9 Å². The van der Waals surface area contributed by atoms with E-state index >= 15 is 0 Å². The van der Waals surface area contributed by atoms with E-state index in [0.717, 1.165) is 22.4 Å². The fourth-order valence-electron chi connectivity index (χ4n) is 4.09. The molecule has 5 rings (SSSR count). The molecule has 0 spiro atoms. The van der Waals surface area contributed by atoms with E-state index in [4.69, 9.17) is 4.74 Å². The Morgan fingerprint density at radius 2 is 1.72 bits per heavy atom. The van der Waals surface area contributed by atoms with Crippen LogP contribution in [-0.2, 0) is 11.2 Å². The molecule has 32 heavy (non-hydrogen) atoms. The zero-order chi connectivity index (χ0) is 22.1. The largest absolute Gasteiger partial charge is 0.461 e. The molecule has 6 nitrogen and oxygen atoms in total. The number of nitrogens with zero attached hydrogens (tertiary/aromatic N) is 2. The first kappa shape index (κ1) is 19.8. The predicted molar refractivity (Wildman–Crippen MR) is 122 cm³/mol. The van der Waals surface area contributed by atoms with Gasteiger partial charge in [0.1, 0.15) is 5.82 Å². The van der Waals surface area contributed by atoms with Crippen molar-refractivity contribution >= 4 is 17.7 Å². The van der Waals surface area contributed by atoms with Gasteiger partial charge in [-0.15, -0.1) is 0 Å². The third-order valence-corrected chi connectivity index (χ3v) is 5.53. The van der Waals surface area contributed by atoms with Crippen LogP contribution in [0, 0.1) is 0 Å². The highest BCUT2D eigenvalue weighted by Gasteiger charge is 2.25. The van der Waals surface area contributed by atoms with E-state index < -0.39 is 5.97 Å². The maximum atomic E-state index is 13.3. The van der Waals surface area contributed by atoms with Crippen LogP contribution in [0.2, 0.25) is 0 Å². The van der Waals surface area contributed by atoms with Crippen molar-refractivity contribution in [3.8, 4) is 16.8 Å². The van der Waals surface area contributed by atoms with Gasteiger partial charge in [-0.25, -0.2) is 9.48 Å². The number of hydrogen-bond acceptors (Lipinski definition) is 4. The smallest absolute Gasteiger partial charge is 0.358 e. The van der Waals surface area contributed by atoms with Gasteiger partial charge in [0.25, 0.3) is 5.91 Å². The molecule has 0 aliphatic heterocycles. The van der Waals surface area contributed by atoms with Crippen molar-refractivity contribution < 1.29 is 14.3 Å². The molecular weight excluding hydrogens is 402 g/mol. The van der Waals surface area contributed by atoms with Crippen LogP contribution in [0.15, 0.2) is 78.9 Å². The number of anilines is 1. The first-order valence-corrected chi connectivity index (χ1v) is 10.5. The van der Waals surface area contributed by atoms with E-state index in [0.29, 0.717) is 17.8 Å². The van der Waals surface area contributed by atoms with E-state index in [1.54, 1.807) is 17.7 Å². The van der Waals surface area contributed by atoms with Gasteiger partial charge >= 0.3 is 5.97 Å². The SMILES string of the molecule is CCOC(=O)c1cc(NC(=O)c2cccc3c2Cc2ccccc2-3)n(-c2ccccc2)n1. The predicted octanol–water partition coefficient (Wildman–Crippen LogP) is 4.87. The van der Waals surface area contributed by atoms with E-state index in [-0.39, 0.29) is 18.2 Å². The molecule has 4 aromatic rings. The van der Waals surface area contributed by atoms with Crippen molar-refractivity contribution in [1.82, 2.24) is 9.78 Å². The van der Waals surface area contributed by atoms with Crippen molar-refractivity contribution in [1.29, 1.82) is 0 Å². The summed E-state index contributed by atoms with van der Waals surface area (Å²) >= 11 is 0. The monoisotopic (exact) mass is 423 g/mol. The van der Waals surface area contributed by atoms with Gasteiger partial charge in [0.2, 0.25) is 0 Å². The zero-order valence-corrected chi connectivity index (χ0v) is 17.5. The number of benzene rings is 3. The second kappa shape index (κ2) is 8.15. The average Bonchev–Trinajstić information content (AvgIpc) is 3.41. The number of amides is 1. The Bertz CT molecular complexity index is 1330. The Hall–Kier alpha value is -4.19. The summed E-state index contributed by atoms with van der Waals surface area (Å²) in [5, 5.41) is 7.33. The van der Waals surface area contributed by atoms with Gasteiger partial charge in [-0.1, -0.05) is 54.6 Å². The van der Waals surface area contributed by atoms with Crippen LogP contribution in [0.3, 0.4) is 0 Å². The number of carbonyl (C=O) groups excluding carboxylic acids is 2. The first-order valence-electron chi connectivity index (χ1n) is 10.5. The number of rotatable bonds is 5.